The molecule has 0 saturated heterocycles. The van der Waals surface area contributed by atoms with Crippen molar-refractivity contribution in [2.75, 3.05) is 11.9 Å². The summed E-state index contributed by atoms with van der Waals surface area (Å²) in [6, 6.07) is 2.97. The van der Waals surface area contributed by atoms with Gasteiger partial charge in [0, 0.05) is 0 Å². The second-order valence-electron chi connectivity index (χ2n) is 3.59. The molecule has 0 aromatic carbocycles. The third-order valence-electron chi connectivity index (χ3n) is 1.59. The van der Waals surface area contributed by atoms with E-state index in [4.69, 9.17) is 9.84 Å². The van der Waals surface area contributed by atoms with E-state index < -0.39 is 12.1 Å². The third kappa shape index (κ3) is 3.90. The number of hydrogen-bond donors (Lipinski definition) is 2. The zero-order valence-electron chi connectivity index (χ0n) is 9.02. The molecule has 0 fully saturated rings. The number of carbonyl (C=O) groups is 2. The first-order valence-electron chi connectivity index (χ1n) is 4.76. The van der Waals surface area contributed by atoms with Gasteiger partial charge in [-0.3, -0.25) is 5.32 Å². The van der Waals surface area contributed by atoms with Crippen LogP contribution in [0, 0.1) is 5.92 Å². The molecule has 16 heavy (non-hydrogen) atoms. The van der Waals surface area contributed by atoms with Crippen LogP contribution < -0.4 is 5.32 Å². The lowest BCUT2D eigenvalue weighted by molar-refractivity contribution is 0.0702. The maximum absolute atomic E-state index is 11.2. The number of carboxylic acids is 1. The highest BCUT2D eigenvalue weighted by Gasteiger charge is 2.10. The summed E-state index contributed by atoms with van der Waals surface area (Å²) in [5, 5.41) is 11.6. The van der Waals surface area contributed by atoms with Crippen molar-refractivity contribution in [1.29, 1.82) is 0 Å². The number of ether oxygens (including phenoxy) is 1. The normalized spacial score (nSPS) is 10.2. The summed E-state index contributed by atoms with van der Waals surface area (Å²) in [5.41, 5.74) is 0. The van der Waals surface area contributed by atoms with Crippen LogP contribution in [-0.2, 0) is 4.74 Å². The molecule has 2 N–H and O–H groups in total. The van der Waals surface area contributed by atoms with Gasteiger partial charge in [0.15, 0.2) is 0 Å². The van der Waals surface area contributed by atoms with Crippen molar-refractivity contribution >= 4 is 28.4 Å². The van der Waals surface area contributed by atoms with E-state index in [1.54, 1.807) is 0 Å². The molecule has 88 valence electrons. The number of rotatable bonds is 4. The molecule has 1 aromatic rings. The highest BCUT2D eigenvalue weighted by atomic mass is 32.1. The summed E-state index contributed by atoms with van der Waals surface area (Å²) >= 11 is 0.992. The van der Waals surface area contributed by atoms with Crippen LogP contribution in [0.3, 0.4) is 0 Å². The zero-order valence-corrected chi connectivity index (χ0v) is 9.84. The quantitative estimate of drug-likeness (QED) is 0.852. The maximum atomic E-state index is 11.2. The molecule has 5 nitrogen and oxygen atoms in total. The highest BCUT2D eigenvalue weighted by molar-refractivity contribution is 7.18. The standard InChI is InChI=1S/C10H13NO4S/c1-6(2)5-15-10(14)11-8-4-3-7(16-8)9(12)13/h3-4,6H,5H2,1-2H3,(H,11,14)(H,12,13). The average molecular weight is 243 g/mol. The SMILES string of the molecule is CC(C)COC(=O)Nc1ccc(C(=O)O)s1. The van der Waals surface area contributed by atoms with Gasteiger partial charge in [-0.05, 0) is 18.1 Å². The van der Waals surface area contributed by atoms with Gasteiger partial charge in [0.1, 0.15) is 4.88 Å². The fourth-order valence-electron chi connectivity index (χ4n) is 0.899. The molecule has 0 aliphatic heterocycles. The molecular formula is C10H13NO4S. The number of carboxylic acid groups (broad SMARTS) is 1. The summed E-state index contributed by atoms with van der Waals surface area (Å²) in [4.78, 5) is 22.0. The van der Waals surface area contributed by atoms with Gasteiger partial charge in [-0.1, -0.05) is 13.8 Å². The van der Waals surface area contributed by atoms with Gasteiger partial charge in [0.2, 0.25) is 0 Å². The fraction of sp³-hybridized carbons (Fsp3) is 0.400. The van der Waals surface area contributed by atoms with Gasteiger partial charge in [-0.2, -0.15) is 0 Å². The number of carbonyl (C=O) groups excluding carboxylic acids is 1. The molecule has 1 amide bonds. The van der Waals surface area contributed by atoms with Crippen LogP contribution in [0.15, 0.2) is 12.1 Å². The second kappa shape index (κ2) is 5.50. The molecule has 0 spiro atoms. The van der Waals surface area contributed by atoms with E-state index in [1.165, 1.54) is 12.1 Å². The lowest BCUT2D eigenvalue weighted by atomic mass is 10.2. The summed E-state index contributed by atoms with van der Waals surface area (Å²) in [5.74, 6) is -0.739. The van der Waals surface area contributed by atoms with Gasteiger partial charge in [-0.25, -0.2) is 9.59 Å². The van der Waals surface area contributed by atoms with Crippen molar-refractivity contribution in [3.8, 4) is 0 Å². The Morgan fingerprint density at radius 2 is 2.19 bits per heavy atom. The molecule has 0 atom stereocenters. The van der Waals surface area contributed by atoms with Crippen molar-refractivity contribution in [3.05, 3.63) is 17.0 Å². The van der Waals surface area contributed by atoms with Crippen LogP contribution in [0.25, 0.3) is 0 Å². The van der Waals surface area contributed by atoms with E-state index in [-0.39, 0.29) is 10.8 Å². The summed E-state index contributed by atoms with van der Waals surface area (Å²) < 4.78 is 4.89. The molecule has 1 heterocycles. The first-order chi connectivity index (χ1) is 7.49. The van der Waals surface area contributed by atoms with Crippen LogP contribution in [0.1, 0.15) is 23.5 Å². The lowest BCUT2D eigenvalue weighted by Gasteiger charge is -2.06. The van der Waals surface area contributed by atoms with E-state index in [0.717, 1.165) is 11.3 Å². The zero-order chi connectivity index (χ0) is 12.1. The molecule has 6 heteroatoms. The minimum Gasteiger partial charge on any atom is -0.477 e. The van der Waals surface area contributed by atoms with Gasteiger partial charge in [-0.15, -0.1) is 11.3 Å². The second-order valence-corrected chi connectivity index (χ2v) is 4.67. The van der Waals surface area contributed by atoms with Crippen molar-refractivity contribution in [2.24, 2.45) is 5.92 Å². The molecule has 1 aromatic heterocycles. The monoisotopic (exact) mass is 243 g/mol. The number of aromatic carboxylic acids is 1. The maximum Gasteiger partial charge on any atom is 0.412 e. The number of nitrogens with one attached hydrogen (secondary N) is 1. The molecular weight excluding hydrogens is 230 g/mol. The minimum atomic E-state index is -1.01. The largest absolute Gasteiger partial charge is 0.477 e. The lowest BCUT2D eigenvalue weighted by Crippen LogP contribution is -2.15. The summed E-state index contributed by atoms with van der Waals surface area (Å²) in [6.07, 6.45) is -0.563. The number of thiophene rings is 1. The van der Waals surface area contributed by atoms with E-state index >= 15 is 0 Å². The Morgan fingerprint density at radius 3 is 2.69 bits per heavy atom. The van der Waals surface area contributed by atoms with Crippen molar-refractivity contribution in [2.45, 2.75) is 13.8 Å². The fourth-order valence-corrected chi connectivity index (χ4v) is 1.63. The average Bonchev–Trinajstić information content (AvgIpc) is 2.63. The van der Waals surface area contributed by atoms with Crippen LogP contribution in [0.2, 0.25) is 0 Å². The Morgan fingerprint density at radius 1 is 1.50 bits per heavy atom. The minimum absolute atomic E-state index is 0.180. The summed E-state index contributed by atoms with van der Waals surface area (Å²) in [6.45, 7) is 4.20. The van der Waals surface area contributed by atoms with E-state index in [0.29, 0.717) is 11.6 Å². The number of hydrogen-bond acceptors (Lipinski definition) is 4. The molecule has 0 saturated carbocycles. The Hall–Kier alpha value is -1.56. The topological polar surface area (TPSA) is 75.6 Å². The van der Waals surface area contributed by atoms with Crippen molar-refractivity contribution in [1.82, 2.24) is 0 Å². The van der Waals surface area contributed by atoms with Gasteiger partial charge < -0.3 is 9.84 Å². The molecule has 0 radical (unpaired) electrons. The molecule has 0 aliphatic carbocycles. The highest BCUT2D eigenvalue weighted by Crippen LogP contribution is 2.21. The van der Waals surface area contributed by atoms with E-state index in [9.17, 15) is 9.59 Å². The van der Waals surface area contributed by atoms with E-state index in [2.05, 4.69) is 5.32 Å². The van der Waals surface area contributed by atoms with Gasteiger partial charge in [0.25, 0.3) is 0 Å². The third-order valence-corrected chi connectivity index (χ3v) is 2.58. The van der Waals surface area contributed by atoms with Crippen LogP contribution in [0.4, 0.5) is 9.80 Å². The van der Waals surface area contributed by atoms with Gasteiger partial charge >= 0.3 is 12.1 Å². The van der Waals surface area contributed by atoms with Crippen LogP contribution >= 0.6 is 11.3 Å². The molecule has 1 rings (SSSR count). The number of amides is 1. The van der Waals surface area contributed by atoms with Crippen molar-refractivity contribution in [3.63, 3.8) is 0 Å². The predicted octanol–water partition coefficient (Wildman–Crippen LogP) is 2.65. The smallest absolute Gasteiger partial charge is 0.412 e. The van der Waals surface area contributed by atoms with Crippen molar-refractivity contribution < 1.29 is 19.4 Å². The first kappa shape index (κ1) is 12.5. The Labute approximate surface area is 97.0 Å². The first-order valence-corrected chi connectivity index (χ1v) is 5.57. The van der Waals surface area contributed by atoms with E-state index in [1.807, 2.05) is 13.8 Å². The molecule has 0 aliphatic rings. The van der Waals surface area contributed by atoms with Crippen LogP contribution in [-0.4, -0.2) is 23.8 Å². The molecule has 0 bridgehead atoms. The summed E-state index contributed by atoms with van der Waals surface area (Å²) in [7, 11) is 0. The predicted molar refractivity (Wildman–Crippen MR) is 61.1 cm³/mol. The Kier molecular flexibility index (Phi) is 4.30. The van der Waals surface area contributed by atoms with Gasteiger partial charge in [0.05, 0.1) is 11.6 Å². The Balaban J connectivity index is 2.46. The van der Waals surface area contributed by atoms with Crippen LogP contribution in [0.5, 0.6) is 0 Å². The Bertz CT molecular complexity index is 386. The molecule has 0 unspecified atom stereocenters. The number of anilines is 1.